The van der Waals surface area contributed by atoms with Crippen LogP contribution >= 0.6 is 0 Å². The molecule has 1 amide bonds. The second-order valence-electron chi connectivity index (χ2n) is 6.69. The van der Waals surface area contributed by atoms with Gasteiger partial charge in [-0.2, -0.15) is 4.98 Å². The van der Waals surface area contributed by atoms with Crippen LogP contribution in [0.15, 0.2) is 9.05 Å². The van der Waals surface area contributed by atoms with E-state index in [0.29, 0.717) is 37.6 Å². The molecule has 0 N–H and O–H groups in total. The molecule has 1 atom stereocenters. The van der Waals surface area contributed by atoms with Crippen LogP contribution < -0.4 is 0 Å². The Bertz CT molecular complexity index is 720. The van der Waals surface area contributed by atoms with Crippen molar-refractivity contribution in [1.29, 1.82) is 0 Å². The normalized spacial score (nSPS) is 17.7. The van der Waals surface area contributed by atoms with Gasteiger partial charge in [0.2, 0.25) is 11.8 Å². The molecule has 1 fully saturated rings. The van der Waals surface area contributed by atoms with E-state index < -0.39 is 0 Å². The maximum atomic E-state index is 12.8. The number of aromatic nitrogens is 3. The summed E-state index contributed by atoms with van der Waals surface area (Å²) in [4.78, 5) is 19.2. The van der Waals surface area contributed by atoms with Crippen molar-refractivity contribution in [2.24, 2.45) is 0 Å². The zero-order chi connectivity index (χ0) is 18.5. The van der Waals surface area contributed by atoms with Gasteiger partial charge in [0.15, 0.2) is 5.82 Å². The van der Waals surface area contributed by atoms with Gasteiger partial charge in [-0.05, 0) is 39.5 Å². The molecule has 3 rings (SSSR count). The van der Waals surface area contributed by atoms with Crippen LogP contribution in [0.5, 0.6) is 0 Å². The third-order valence-corrected chi connectivity index (χ3v) is 4.89. The molecule has 2 aromatic heterocycles. The lowest BCUT2D eigenvalue weighted by molar-refractivity contribution is -0.135. The molecule has 0 saturated carbocycles. The van der Waals surface area contributed by atoms with Gasteiger partial charge < -0.3 is 18.7 Å². The lowest BCUT2D eigenvalue weighted by atomic mass is 10.0. The third kappa shape index (κ3) is 4.12. The summed E-state index contributed by atoms with van der Waals surface area (Å²) in [5.74, 6) is 2.04. The van der Waals surface area contributed by atoms with Gasteiger partial charge in [0.25, 0.3) is 0 Å². The number of aryl methyl sites for hydroxylation is 2. The molecule has 3 heterocycles. The fourth-order valence-electron chi connectivity index (χ4n) is 3.42. The summed E-state index contributed by atoms with van der Waals surface area (Å²) < 4.78 is 15.7. The van der Waals surface area contributed by atoms with Gasteiger partial charge in [-0.25, -0.2) is 0 Å². The Balaban J connectivity index is 1.66. The summed E-state index contributed by atoms with van der Waals surface area (Å²) in [5, 5.41) is 7.96. The number of piperidine rings is 1. The quantitative estimate of drug-likeness (QED) is 0.747. The zero-order valence-corrected chi connectivity index (χ0v) is 15.7. The van der Waals surface area contributed by atoms with Crippen molar-refractivity contribution in [3.63, 3.8) is 0 Å². The van der Waals surface area contributed by atoms with Crippen LogP contribution in [0.1, 0.15) is 60.5 Å². The maximum absolute atomic E-state index is 12.8. The van der Waals surface area contributed by atoms with Crippen LogP contribution in [0.2, 0.25) is 0 Å². The average molecular weight is 362 g/mol. The molecule has 142 valence electrons. The summed E-state index contributed by atoms with van der Waals surface area (Å²) in [6, 6.07) is -0.135. The SMILES string of the molecule is COCCc1noc(C2CCCCN2C(=O)CCc2c(C)noc2C)n1. The van der Waals surface area contributed by atoms with E-state index in [1.807, 2.05) is 18.7 Å². The van der Waals surface area contributed by atoms with E-state index in [9.17, 15) is 4.79 Å². The molecule has 1 aliphatic rings. The fourth-order valence-corrected chi connectivity index (χ4v) is 3.42. The van der Waals surface area contributed by atoms with Gasteiger partial charge >= 0.3 is 0 Å². The summed E-state index contributed by atoms with van der Waals surface area (Å²) >= 11 is 0. The van der Waals surface area contributed by atoms with E-state index in [2.05, 4.69) is 15.3 Å². The number of amides is 1. The number of methoxy groups -OCH3 is 1. The highest BCUT2D eigenvalue weighted by molar-refractivity contribution is 5.77. The Labute approximate surface area is 152 Å². The Morgan fingerprint density at radius 1 is 1.23 bits per heavy atom. The highest BCUT2D eigenvalue weighted by atomic mass is 16.5. The first kappa shape index (κ1) is 18.6. The molecule has 8 nitrogen and oxygen atoms in total. The number of nitrogens with zero attached hydrogens (tertiary/aromatic N) is 4. The number of rotatable bonds is 7. The molecule has 1 saturated heterocycles. The van der Waals surface area contributed by atoms with Gasteiger partial charge in [0.1, 0.15) is 11.8 Å². The number of hydrogen-bond donors (Lipinski definition) is 0. The average Bonchev–Trinajstić information content (AvgIpc) is 3.25. The first-order valence-electron chi connectivity index (χ1n) is 9.12. The summed E-state index contributed by atoms with van der Waals surface area (Å²) in [6.07, 6.45) is 4.55. The Morgan fingerprint density at radius 2 is 2.08 bits per heavy atom. The minimum absolute atomic E-state index is 0.103. The van der Waals surface area contributed by atoms with Crippen LogP contribution in [-0.4, -0.2) is 46.4 Å². The standard InChI is InChI=1S/C18H26N4O4/c1-12-14(13(2)25-20-12)7-8-17(23)22-10-5-4-6-15(22)18-19-16(21-26-18)9-11-24-3/h15H,4-11H2,1-3H3. The van der Waals surface area contributed by atoms with E-state index in [4.69, 9.17) is 13.8 Å². The molecule has 0 aromatic carbocycles. The number of ether oxygens (including phenoxy) is 1. The number of hydrogen-bond acceptors (Lipinski definition) is 7. The molecule has 0 bridgehead atoms. The highest BCUT2D eigenvalue weighted by Gasteiger charge is 2.32. The maximum Gasteiger partial charge on any atom is 0.249 e. The second kappa shape index (κ2) is 8.44. The van der Waals surface area contributed by atoms with E-state index >= 15 is 0 Å². The summed E-state index contributed by atoms with van der Waals surface area (Å²) in [5.41, 5.74) is 1.87. The lowest BCUT2D eigenvalue weighted by Gasteiger charge is -2.33. The van der Waals surface area contributed by atoms with Crippen molar-refractivity contribution in [2.45, 2.75) is 58.4 Å². The van der Waals surface area contributed by atoms with Gasteiger partial charge in [0, 0.05) is 32.1 Å². The first-order chi connectivity index (χ1) is 12.6. The van der Waals surface area contributed by atoms with Gasteiger partial charge in [-0.1, -0.05) is 10.3 Å². The minimum Gasteiger partial charge on any atom is -0.384 e. The summed E-state index contributed by atoms with van der Waals surface area (Å²) in [7, 11) is 1.64. The predicted molar refractivity (Wildman–Crippen MR) is 92.5 cm³/mol. The molecule has 26 heavy (non-hydrogen) atoms. The third-order valence-electron chi connectivity index (χ3n) is 4.89. The van der Waals surface area contributed by atoms with Crippen LogP contribution in [0.25, 0.3) is 0 Å². The summed E-state index contributed by atoms with van der Waals surface area (Å²) in [6.45, 7) is 5.05. The largest absolute Gasteiger partial charge is 0.384 e. The van der Waals surface area contributed by atoms with Crippen molar-refractivity contribution in [3.8, 4) is 0 Å². The topological polar surface area (TPSA) is 94.5 Å². The molecule has 0 aliphatic carbocycles. The van der Waals surface area contributed by atoms with E-state index in [1.54, 1.807) is 7.11 Å². The van der Waals surface area contributed by atoms with Crippen molar-refractivity contribution < 1.29 is 18.6 Å². The van der Waals surface area contributed by atoms with Gasteiger partial charge in [-0.15, -0.1) is 0 Å². The van der Waals surface area contributed by atoms with Crippen LogP contribution in [0.4, 0.5) is 0 Å². The lowest BCUT2D eigenvalue weighted by Crippen LogP contribution is -2.38. The molecule has 2 aromatic rings. The smallest absolute Gasteiger partial charge is 0.249 e. The number of carbonyl (C=O) groups is 1. The molecular weight excluding hydrogens is 336 g/mol. The van der Waals surface area contributed by atoms with Crippen molar-refractivity contribution in [2.75, 3.05) is 20.3 Å². The fraction of sp³-hybridized carbons (Fsp3) is 0.667. The second-order valence-corrected chi connectivity index (χ2v) is 6.69. The van der Waals surface area contributed by atoms with E-state index in [0.717, 1.165) is 42.8 Å². The predicted octanol–water partition coefficient (Wildman–Crippen LogP) is 2.55. The monoisotopic (exact) mass is 362 g/mol. The van der Waals surface area contributed by atoms with E-state index in [-0.39, 0.29) is 11.9 Å². The molecule has 8 heteroatoms. The first-order valence-corrected chi connectivity index (χ1v) is 9.12. The van der Waals surface area contributed by atoms with Crippen LogP contribution in [0, 0.1) is 13.8 Å². The highest BCUT2D eigenvalue weighted by Crippen LogP contribution is 2.31. The van der Waals surface area contributed by atoms with Crippen LogP contribution in [0.3, 0.4) is 0 Å². The zero-order valence-electron chi connectivity index (χ0n) is 15.7. The Kier molecular flexibility index (Phi) is 6.03. The Hall–Kier alpha value is -2.22. The molecular formula is C18H26N4O4. The molecule has 0 spiro atoms. The van der Waals surface area contributed by atoms with E-state index in [1.165, 1.54) is 0 Å². The molecule has 1 unspecified atom stereocenters. The number of carbonyl (C=O) groups excluding carboxylic acids is 1. The van der Waals surface area contributed by atoms with Crippen molar-refractivity contribution >= 4 is 5.91 Å². The minimum atomic E-state index is -0.135. The van der Waals surface area contributed by atoms with Crippen molar-refractivity contribution in [3.05, 3.63) is 28.7 Å². The number of likely N-dealkylation sites (tertiary alicyclic amines) is 1. The molecule has 0 radical (unpaired) electrons. The van der Waals surface area contributed by atoms with Crippen molar-refractivity contribution in [1.82, 2.24) is 20.2 Å². The van der Waals surface area contributed by atoms with Gasteiger partial charge in [0.05, 0.1) is 12.3 Å². The van der Waals surface area contributed by atoms with Gasteiger partial charge in [-0.3, -0.25) is 4.79 Å². The van der Waals surface area contributed by atoms with Crippen LogP contribution in [-0.2, 0) is 22.4 Å². The molecule has 1 aliphatic heterocycles. The Morgan fingerprint density at radius 3 is 2.81 bits per heavy atom.